The van der Waals surface area contributed by atoms with E-state index in [1.807, 2.05) is 0 Å². The lowest BCUT2D eigenvalue weighted by atomic mass is 9.95. The van der Waals surface area contributed by atoms with Gasteiger partial charge >= 0.3 is 0 Å². The van der Waals surface area contributed by atoms with E-state index in [0.29, 0.717) is 26.2 Å². The predicted octanol–water partition coefficient (Wildman–Crippen LogP) is -4.85. The van der Waals surface area contributed by atoms with Crippen LogP contribution in [0.5, 0.6) is 0 Å². The largest absolute Gasteiger partial charge is 0.394 e. The van der Waals surface area contributed by atoms with Crippen LogP contribution in [-0.4, -0.2) is 141 Å². The number of amides is 2. The van der Waals surface area contributed by atoms with Crippen molar-refractivity contribution >= 4 is 37.1 Å². The maximum atomic E-state index is 12.1. The Morgan fingerprint density at radius 1 is 0.629 bits per heavy atom. The Hall–Kier alpha value is -0.720. The molecule has 10 atom stereocenters. The third kappa shape index (κ3) is 8.67. The van der Waals surface area contributed by atoms with Gasteiger partial charge in [0.15, 0.2) is 0 Å². The van der Waals surface area contributed by atoms with Gasteiger partial charge in [-0.1, -0.05) is 0 Å². The highest BCUT2D eigenvalue weighted by Crippen LogP contribution is 2.27. The van der Waals surface area contributed by atoms with Gasteiger partial charge in [-0.05, 0) is 0 Å². The molecule has 2 aliphatic rings. The average molecular weight is 544 g/mol. The molecule has 0 aromatic rings. The third-order valence-electron chi connectivity index (χ3n) is 6.00. The molecule has 0 aliphatic carbocycles. The van der Waals surface area contributed by atoms with Crippen molar-refractivity contribution in [3.63, 3.8) is 0 Å². The van der Waals surface area contributed by atoms with Gasteiger partial charge < -0.3 is 56.1 Å². The Labute approximate surface area is 214 Å². The lowest BCUT2D eigenvalue weighted by Crippen LogP contribution is -2.57. The molecular formula is C20H37N3O10S2. The number of hydrogen-bond acceptors (Lipinski definition) is 13. The summed E-state index contributed by atoms with van der Waals surface area (Å²) >= 11 is 8.41. The molecule has 2 rings (SSSR count). The van der Waals surface area contributed by atoms with Crippen molar-refractivity contribution in [3.8, 4) is 0 Å². The molecule has 2 fully saturated rings. The molecule has 9 N–H and O–H groups in total. The zero-order valence-corrected chi connectivity index (χ0v) is 20.9. The molecule has 0 radical (unpaired) electrons. The Morgan fingerprint density at radius 2 is 1.00 bits per heavy atom. The van der Waals surface area contributed by atoms with Crippen LogP contribution in [0.25, 0.3) is 0 Å². The molecule has 2 amide bonds. The second-order valence-corrected chi connectivity index (χ2v) is 9.79. The number of carbonyl (C=O) groups is 2. The van der Waals surface area contributed by atoms with Crippen molar-refractivity contribution < 1.29 is 49.7 Å². The third-order valence-corrected chi connectivity index (χ3v) is 7.28. The SMILES string of the molecule is O=C(C[C@@H]1O[C@H](CO)[C@H](O)[C@H](O)[C@H]1S)NCCNCCNC(=O)C[C@@H]1O[C@H](CO)[C@H](O)[C@H](O)[C@H]1S. The molecule has 0 unspecified atom stereocenters. The molecule has 35 heavy (non-hydrogen) atoms. The van der Waals surface area contributed by atoms with Crippen LogP contribution in [-0.2, 0) is 19.1 Å². The summed E-state index contributed by atoms with van der Waals surface area (Å²) in [6, 6.07) is 0. The van der Waals surface area contributed by atoms with Gasteiger partial charge in [-0.15, -0.1) is 0 Å². The number of nitrogens with one attached hydrogen (secondary N) is 3. The van der Waals surface area contributed by atoms with Crippen LogP contribution >= 0.6 is 25.3 Å². The van der Waals surface area contributed by atoms with E-state index in [1.54, 1.807) is 0 Å². The number of rotatable bonds is 12. The number of thiol groups is 2. The summed E-state index contributed by atoms with van der Waals surface area (Å²) in [7, 11) is 0. The molecule has 2 saturated heterocycles. The van der Waals surface area contributed by atoms with E-state index in [0.717, 1.165) is 0 Å². The summed E-state index contributed by atoms with van der Waals surface area (Å²) in [5.74, 6) is -0.682. The molecule has 2 aliphatic heterocycles. The van der Waals surface area contributed by atoms with E-state index < -0.39 is 72.5 Å². The van der Waals surface area contributed by atoms with Gasteiger partial charge in [0.25, 0.3) is 0 Å². The topological polar surface area (TPSA) is 210 Å². The monoisotopic (exact) mass is 543 g/mol. The van der Waals surface area contributed by atoms with Gasteiger partial charge in [-0.3, -0.25) is 9.59 Å². The van der Waals surface area contributed by atoms with Crippen molar-refractivity contribution in [1.82, 2.24) is 16.0 Å². The zero-order chi connectivity index (χ0) is 26.1. The maximum absolute atomic E-state index is 12.1. The van der Waals surface area contributed by atoms with Gasteiger partial charge in [0.05, 0.1) is 61.0 Å². The lowest BCUT2D eigenvalue weighted by Gasteiger charge is -2.40. The standard InChI is InChI=1S/C20H37N3O10S2/c24-7-11-15(28)17(30)19(34)9(32-11)5-13(26)22-3-1-21-2-4-23-14(27)6-10-20(35)18(31)16(29)12(8-25)33-10/h9-12,15-21,24-25,28-31,34-35H,1-8H2,(H,22,26)(H,23,27)/t9-,10-,11+,12+,15-,16-,17-,18-,19-,20-/m0/s1. The number of carbonyl (C=O) groups excluding carboxylic acids is 2. The smallest absolute Gasteiger partial charge is 0.222 e. The summed E-state index contributed by atoms with van der Waals surface area (Å²) in [4.78, 5) is 24.3. The molecule has 0 aromatic heterocycles. The molecule has 2 heterocycles. The first-order valence-corrected chi connectivity index (χ1v) is 12.5. The van der Waals surface area contributed by atoms with Gasteiger partial charge in [0.2, 0.25) is 11.8 Å². The second-order valence-electron chi connectivity index (χ2n) is 8.59. The Balaban J connectivity index is 1.57. The van der Waals surface area contributed by atoms with Crippen LogP contribution in [0.4, 0.5) is 0 Å². The van der Waals surface area contributed by atoms with Crippen LogP contribution in [0.15, 0.2) is 0 Å². The minimum atomic E-state index is -1.28. The van der Waals surface area contributed by atoms with E-state index in [9.17, 15) is 40.2 Å². The predicted molar refractivity (Wildman–Crippen MR) is 129 cm³/mol. The molecule has 0 spiro atoms. The summed E-state index contributed by atoms with van der Waals surface area (Å²) < 4.78 is 10.9. The molecule has 0 saturated carbocycles. The Morgan fingerprint density at radius 3 is 1.34 bits per heavy atom. The first-order chi connectivity index (χ1) is 16.6. The van der Waals surface area contributed by atoms with E-state index >= 15 is 0 Å². The van der Waals surface area contributed by atoms with Crippen LogP contribution in [0.1, 0.15) is 12.8 Å². The molecule has 0 bridgehead atoms. The van der Waals surface area contributed by atoms with E-state index in [2.05, 4.69) is 41.2 Å². The van der Waals surface area contributed by atoms with Gasteiger partial charge in [-0.25, -0.2) is 0 Å². The minimum Gasteiger partial charge on any atom is -0.394 e. The van der Waals surface area contributed by atoms with E-state index in [1.165, 1.54) is 0 Å². The number of aliphatic hydroxyl groups is 6. The fraction of sp³-hybridized carbons (Fsp3) is 0.900. The first-order valence-electron chi connectivity index (χ1n) is 11.5. The molecule has 0 aromatic carbocycles. The quantitative estimate of drug-likeness (QED) is 0.0830. The highest BCUT2D eigenvalue weighted by atomic mass is 32.1. The summed E-state index contributed by atoms with van der Waals surface area (Å²) in [5.41, 5.74) is 0. The van der Waals surface area contributed by atoms with Gasteiger partial charge in [0, 0.05) is 26.2 Å². The fourth-order valence-corrected chi connectivity index (χ4v) is 4.61. The zero-order valence-electron chi connectivity index (χ0n) is 19.1. The van der Waals surface area contributed by atoms with Crippen molar-refractivity contribution in [3.05, 3.63) is 0 Å². The van der Waals surface area contributed by atoms with Crippen LogP contribution in [0.2, 0.25) is 0 Å². The van der Waals surface area contributed by atoms with E-state index in [-0.39, 0.29) is 24.7 Å². The van der Waals surface area contributed by atoms with Crippen molar-refractivity contribution in [2.75, 3.05) is 39.4 Å². The number of ether oxygens (including phenoxy) is 2. The van der Waals surface area contributed by atoms with Crippen molar-refractivity contribution in [1.29, 1.82) is 0 Å². The van der Waals surface area contributed by atoms with Crippen LogP contribution in [0, 0.1) is 0 Å². The molecule has 204 valence electrons. The first kappa shape index (κ1) is 30.5. The summed E-state index contributed by atoms with van der Waals surface area (Å²) in [5, 5.41) is 64.9. The van der Waals surface area contributed by atoms with Crippen molar-refractivity contribution in [2.45, 2.75) is 72.2 Å². The van der Waals surface area contributed by atoms with Crippen molar-refractivity contribution in [2.24, 2.45) is 0 Å². The summed E-state index contributed by atoms with van der Waals surface area (Å²) in [6.07, 6.45) is -8.71. The van der Waals surface area contributed by atoms with Crippen LogP contribution in [0.3, 0.4) is 0 Å². The highest BCUT2D eigenvalue weighted by Gasteiger charge is 2.44. The normalized spacial score (nSPS) is 37.6. The van der Waals surface area contributed by atoms with E-state index in [4.69, 9.17) is 9.47 Å². The van der Waals surface area contributed by atoms with Gasteiger partial charge in [0.1, 0.15) is 24.4 Å². The molecule has 13 nitrogen and oxygen atoms in total. The Kier molecular flexibility index (Phi) is 13.0. The number of hydrogen-bond donors (Lipinski definition) is 11. The molecular weight excluding hydrogens is 506 g/mol. The fourth-order valence-electron chi connectivity index (χ4n) is 3.91. The van der Waals surface area contributed by atoms with Crippen LogP contribution < -0.4 is 16.0 Å². The molecule has 15 heteroatoms. The minimum absolute atomic E-state index is 0.0945. The lowest BCUT2D eigenvalue weighted by molar-refractivity contribution is -0.178. The highest BCUT2D eigenvalue weighted by molar-refractivity contribution is 7.81. The second kappa shape index (κ2) is 14.9. The Bertz CT molecular complexity index is 623. The average Bonchev–Trinajstić information content (AvgIpc) is 2.84. The maximum Gasteiger partial charge on any atom is 0.222 e. The van der Waals surface area contributed by atoms with Gasteiger partial charge in [-0.2, -0.15) is 25.3 Å². The summed E-state index contributed by atoms with van der Waals surface area (Å²) in [6.45, 7) is 0.454. The number of aliphatic hydroxyl groups excluding tert-OH is 6.